The first-order chi connectivity index (χ1) is 13.2. The summed E-state index contributed by atoms with van der Waals surface area (Å²) in [6, 6.07) is 5.77. The quantitative estimate of drug-likeness (QED) is 0.703. The fourth-order valence-electron chi connectivity index (χ4n) is 4.33. The Kier molecular flexibility index (Phi) is 3.77. The molecule has 0 aromatic carbocycles. The molecule has 0 spiro atoms. The Labute approximate surface area is 155 Å². The highest BCUT2D eigenvalue weighted by molar-refractivity contribution is 5.93. The molecule has 2 bridgehead atoms. The highest BCUT2D eigenvalue weighted by atomic mass is 16.5. The number of pyridine rings is 1. The van der Waals surface area contributed by atoms with Crippen molar-refractivity contribution >= 4 is 5.91 Å². The molecule has 0 radical (unpaired) electrons. The van der Waals surface area contributed by atoms with Gasteiger partial charge in [-0.1, -0.05) is 10.3 Å². The van der Waals surface area contributed by atoms with Crippen LogP contribution in [0, 0.1) is 6.92 Å². The minimum atomic E-state index is -0.0409. The Bertz CT molecular complexity index is 953. The second-order valence-electron chi connectivity index (χ2n) is 7.28. The molecule has 5 heterocycles. The second kappa shape index (κ2) is 6.29. The number of rotatable bonds is 3. The Morgan fingerprint density at radius 2 is 1.85 bits per heavy atom. The Morgan fingerprint density at radius 3 is 2.52 bits per heavy atom. The summed E-state index contributed by atoms with van der Waals surface area (Å²) in [4.78, 5) is 23.4. The molecule has 0 saturated carbocycles. The Hall–Kier alpha value is -3.03. The molecule has 1 amide bonds. The smallest absolute Gasteiger partial charge is 0.276 e. The maximum atomic E-state index is 12.9. The molecular formula is C19H19N5O3. The molecule has 3 aromatic rings. The van der Waals surface area contributed by atoms with Crippen LogP contribution >= 0.6 is 0 Å². The van der Waals surface area contributed by atoms with Crippen LogP contribution in [0.2, 0.25) is 0 Å². The van der Waals surface area contributed by atoms with Gasteiger partial charge in [-0.2, -0.15) is 4.98 Å². The zero-order valence-electron chi connectivity index (χ0n) is 14.9. The molecular weight excluding hydrogens is 346 g/mol. The van der Waals surface area contributed by atoms with Gasteiger partial charge in [-0.15, -0.1) is 0 Å². The van der Waals surface area contributed by atoms with Crippen LogP contribution < -0.4 is 0 Å². The van der Waals surface area contributed by atoms with E-state index < -0.39 is 0 Å². The highest BCUT2D eigenvalue weighted by Gasteiger charge is 2.45. The molecule has 2 aliphatic heterocycles. The normalized spacial score (nSPS) is 24.3. The van der Waals surface area contributed by atoms with Crippen LogP contribution in [0.3, 0.4) is 0 Å². The van der Waals surface area contributed by atoms with E-state index in [-0.39, 0.29) is 23.9 Å². The Balaban J connectivity index is 1.34. The van der Waals surface area contributed by atoms with Gasteiger partial charge in [-0.05, 0) is 44.7 Å². The van der Waals surface area contributed by atoms with Crippen LogP contribution in [-0.2, 0) is 0 Å². The zero-order valence-corrected chi connectivity index (χ0v) is 14.9. The average molecular weight is 365 g/mol. The molecule has 27 heavy (non-hydrogen) atoms. The largest absolute Gasteiger partial charge is 0.361 e. The van der Waals surface area contributed by atoms with Gasteiger partial charge in [-0.25, -0.2) is 0 Å². The summed E-state index contributed by atoms with van der Waals surface area (Å²) in [7, 11) is 0. The third kappa shape index (κ3) is 2.81. The van der Waals surface area contributed by atoms with Crippen LogP contribution in [0.5, 0.6) is 0 Å². The lowest BCUT2D eigenvalue weighted by atomic mass is 9.90. The average Bonchev–Trinajstić information content (AvgIpc) is 3.40. The lowest BCUT2D eigenvalue weighted by Crippen LogP contribution is -2.46. The summed E-state index contributed by atoms with van der Waals surface area (Å²) in [5.41, 5.74) is 1.28. The SMILES string of the molecule is Cc1cc(C(=O)N2[C@@H]3CC[C@H]2CC(c2nc(-c4ccncc4)no2)C3)no1. The van der Waals surface area contributed by atoms with Gasteiger partial charge in [-0.3, -0.25) is 9.78 Å². The first-order valence-electron chi connectivity index (χ1n) is 9.19. The first-order valence-corrected chi connectivity index (χ1v) is 9.19. The minimum Gasteiger partial charge on any atom is -0.361 e. The molecule has 0 N–H and O–H groups in total. The van der Waals surface area contributed by atoms with Crippen molar-refractivity contribution in [3.05, 3.63) is 47.9 Å². The van der Waals surface area contributed by atoms with Gasteiger partial charge in [0.15, 0.2) is 5.69 Å². The van der Waals surface area contributed by atoms with Crippen LogP contribution in [0.4, 0.5) is 0 Å². The zero-order chi connectivity index (χ0) is 18.4. The summed E-state index contributed by atoms with van der Waals surface area (Å²) < 4.78 is 10.6. The maximum absolute atomic E-state index is 12.9. The molecule has 1 unspecified atom stereocenters. The molecule has 8 heteroatoms. The summed E-state index contributed by atoms with van der Waals surface area (Å²) in [6.07, 6.45) is 7.07. The number of hydrogen-bond donors (Lipinski definition) is 0. The number of hydrogen-bond acceptors (Lipinski definition) is 7. The molecule has 138 valence electrons. The van der Waals surface area contributed by atoms with Gasteiger partial charge < -0.3 is 13.9 Å². The maximum Gasteiger partial charge on any atom is 0.276 e. The van der Waals surface area contributed by atoms with Gasteiger partial charge in [0.25, 0.3) is 5.91 Å². The molecule has 8 nitrogen and oxygen atoms in total. The van der Waals surface area contributed by atoms with Crippen molar-refractivity contribution in [1.29, 1.82) is 0 Å². The standard InChI is InChI=1S/C19H19N5O3/c1-11-8-16(22-26-11)19(25)24-14-2-3-15(24)10-13(9-14)18-21-17(23-27-18)12-4-6-20-7-5-12/h4-8,13-15H,2-3,9-10H2,1H3/t13?,14-,15+. The third-order valence-electron chi connectivity index (χ3n) is 5.54. The van der Waals surface area contributed by atoms with Gasteiger partial charge in [0.1, 0.15) is 5.76 Å². The summed E-state index contributed by atoms with van der Waals surface area (Å²) >= 11 is 0. The molecule has 2 fully saturated rings. The summed E-state index contributed by atoms with van der Waals surface area (Å²) in [6.45, 7) is 1.79. The van der Waals surface area contributed by atoms with Crippen molar-refractivity contribution in [2.75, 3.05) is 0 Å². The van der Waals surface area contributed by atoms with Gasteiger partial charge in [0.05, 0.1) is 0 Å². The number of nitrogens with zero attached hydrogens (tertiary/aromatic N) is 5. The molecule has 5 rings (SSSR count). The molecule has 0 aliphatic carbocycles. The van der Waals surface area contributed by atoms with Crippen molar-refractivity contribution in [2.45, 2.75) is 50.6 Å². The van der Waals surface area contributed by atoms with E-state index in [1.54, 1.807) is 25.4 Å². The fourth-order valence-corrected chi connectivity index (χ4v) is 4.33. The molecule has 3 atom stereocenters. The van der Waals surface area contributed by atoms with Gasteiger partial charge >= 0.3 is 0 Å². The van der Waals surface area contributed by atoms with Crippen molar-refractivity contribution in [3.63, 3.8) is 0 Å². The lowest BCUT2D eigenvalue weighted by molar-refractivity contribution is 0.0544. The number of aryl methyl sites for hydroxylation is 1. The topological polar surface area (TPSA) is 98.2 Å². The molecule has 2 aliphatic rings. The van der Waals surface area contributed by atoms with Crippen molar-refractivity contribution in [2.24, 2.45) is 0 Å². The van der Waals surface area contributed by atoms with E-state index in [2.05, 4.69) is 20.3 Å². The second-order valence-corrected chi connectivity index (χ2v) is 7.28. The van der Waals surface area contributed by atoms with E-state index in [1.165, 1.54) is 0 Å². The van der Waals surface area contributed by atoms with E-state index in [4.69, 9.17) is 9.05 Å². The van der Waals surface area contributed by atoms with Crippen LogP contribution in [0.1, 0.15) is 53.7 Å². The summed E-state index contributed by atoms with van der Waals surface area (Å²) in [5, 5.41) is 8.01. The molecule has 3 aromatic heterocycles. The summed E-state index contributed by atoms with van der Waals surface area (Å²) in [5.74, 6) is 2.02. The highest BCUT2D eigenvalue weighted by Crippen LogP contribution is 2.43. The van der Waals surface area contributed by atoms with Crippen molar-refractivity contribution in [3.8, 4) is 11.4 Å². The van der Waals surface area contributed by atoms with Gasteiger partial charge in [0, 0.05) is 42.0 Å². The van der Waals surface area contributed by atoms with E-state index in [0.29, 0.717) is 23.2 Å². The number of fused-ring (bicyclic) bond motifs is 2. The fraction of sp³-hybridized carbons (Fsp3) is 0.421. The molecule has 2 saturated heterocycles. The predicted octanol–water partition coefficient (Wildman–Crippen LogP) is 2.98. The number of amides is 1. The lowest BCUT2D eigenvalue weighted by Gasteiger charge is -2.37. The number of piperidine rings is 1. The number of carbonyl (C=O) groups excluding carboxylic acids is 1. The van der Waals surface area contributed by atoms with Crippen LogP contribution in [-0.4, -0.2) is 43.2 Å². The number of aromatic nitrogens is 4. The van der Waals surface area contributed by atoms with Crippen LogP contribution in [0.15, 0.2) is 39.6 Å². The van der Waals surface area contributed by atoms with Gasteiger partial charge in [0.2, 0.25) is 11.7 Å². The van der Waals surface area contributed by atoms with E-state index in [0.717, 1.165) is 31.2 Å². The van der Waals surface area contributed by atoms with Crippen molar-refractivity contribution in [1.82, 2.24) is 25.2 Å². The third-order valence-corrected chi connectivity index (χ3v) is 5.54. The van der Waals surface area contributed by atoms with Crippen LogP contribution in [0.25, 0.3) is 11.4 Å². The van der Waals surface area contributed by atoms with E-state index in [9.17, 15) is 4.79 Å². The van der Waals surface area contributed by atoms with E-state index >= 15 is 0 Å². The number of carbonyl (C=O) groups is 1. The predicted molar refractivity (Wildman–Crippen MR) is 93.7 cm³/mol. The monoisotopic (exact) mass is 365 g/mol. The minimum absolute atomic E-state index is 0.0409. The van der Waals surface area contributed by atoms with E-state index in [1.807, 2.05) is 17.0 Å². The first kappa shape index (κ1) is 16.2. The Morgan fingerprint density at radius 1 is 1.11 bits per heavy atom. The van der Waals surface area contributed by atoms with Crippen molar-refractivity contribution < 1.29 is 13.8 Å².